The summed E-state index contributed by atoms with van der Waals surface area (Å²) in [5.41, 5.74) is 25.5. The number of carboxylic acid groups (broad SMARTS) is 2. The number of hydrogen-bond acceptors (Lipinski definition) is 24. The molecule has 0 fully saturated rings. The molecule has 0 spiro atoms. The Morgan fingerprint density at radius 1 is 0.625 bits per heavy atom. The molecule has 42 nitrogen and oxygen atoms in total. The summed E-state index contributed by atoms with van der Waals surface area (Å²) in [4.78, 5) is 254. The van der Waals surface area contributed by atoms with Gasteiger partial charge < -0.3 is 96.2 Å². The fraction of sp³-hybridized carbons (Fsp3) is 0.593. The molecule has 704 valence electrons. The van der Waals surface area contributed by atoms with Crippen molar-refractivity contribution in [3.05, 3.63) is 83.8 Å². The molecular weight excluding hydrogens is 1660 g/mol. The van der Waals surface area contributed by atoms with Crippen molar-refractivity contribution in [2.45, 2.75) is 283 Å². The molecule has 5 rings (SSSR count). The average Bonchev–Trinajstić information content (AvgIpc) is 1.67. The Hall–Kier alpha value is -12.5. The summed E-state index contributed by atoms with van der Waals surface area (Å²) in [6, 6.07) is -3.07. The Labute approximate surface area is 743 Å². The molecule has 17 atom stereocenters. The number of carboxylic acids is 2. The van der Waals surface area contributed by atoms with E-state index in [4.69, 9.17) is 22.6 Å². The van der Waals surface area contributed by atoms with Crippen molar-refractivity contribution in [2.24, 2.45) is 46.8 Å². The standard InChI is InChI=1S/C86H130N22O20/c1-12-46(6)71-83(126)93-44-68(112)97-65(41-70(115)116)81(124)98-58(66(110)40-53(74(117)49(9)87)38-52-23-16-15-17-24-52)28-20-25-55-43-94-107-108(55)36-22-30-62(80(123)103-71)106-105-59(29-21-35-91-86(89)90)75(118)76(119)63(37-45(4)5)101-79(122)61(32-34-69(113)114)100-78(121)60(31-33-67(88)111)99-77(120)50(10)95-84(127)73(48(8)14-3)104-82(125)64(39-54-42-92-57-27-19-18-26-56(54)57)102-85(128)72(47(7)13-2)96-51(11)109/h15-19,23-24,26-27,42-43,45-50,53,58-65,71-73,92,105-106H,12-14,20-22,25,28-41,44,87H2,1-11H3,(H2,88,111)(H,93,126)(H,95,127)(H,96,109)(H,97,112)(H,98,124)(H,99,120)(H,100,121)(H,101,122)(H,102,128)(H,103,123)(H,104,125)(H,113,114)(H,115,116)(H4,89,90,91)/t46-,47-,48-,49?,50-,53+,58-,59-,60?,61-,62-,63?,64-,65-,71-,72-,73-/m0/s1. The zero-order valence-corrected chi connectivity index (χ0v) is 74.6. The number of ketones is 4. The number of fused-ring (bicyclic) bond motifs is 2. The first-order valence-electron chi connectivity index (χ1n) is 43.5. The number of rotatable bonds is 48. The van der Waals surface area contributed by atoms with E-state index in [-0.39, 0.29) is 96.1 Å². The third-order valence-corrected chi connectivity index (χ3v) is 22.4. The van der Waals surface area contributed by atoms with Crippen LogP contribution < -0.4 is 91.9 Å². The van der Waals surface area contributed by atoms with E-state index in [1.54, 1.807) is 91.1 Å². The number of nitrogens with zero attached hydrogens (tertiary/aromatic N) is 3. The number of carbonyl (C=O) groups is 18. The summed E-state index contributed by atoms with van der Waals surface area (Å²) in [6.07, 6.45) is -0.0290. The van der Waals surface area contributed by atoms with Crippen molar-refractivity contribution in [1.82, 2.24) is 94.6 Å². The zero-order chi connectivity index (χ0) is 95.2. The first-order valence-corrected chi connectivity index (χ1v) is 43.5. The molecule has 1 aliphatic rings. The number of amides is 12. The van der Waals surface area contributed by atoms with Crippen LogP contribution in [0.2, 0.25) is 0 Å². The van der Waals surface area contributed by atoms with Gasteiger partial charge in [-0.25, -0.2) is 15.5 Å². The predicted octanol–water partition coefficient (Wildman–Crippen LogP) is -1.12. The normalized spacial score (nSPS) is 18.6. The van der Waals surface area contributed by atoms with Crippen LogP contribution in [0.25, 0.3) is 10.9 Å². The Kier molecular flexibility index (Phi) is 44.1. The number of nitrogens with two attached hydrogens (primary N) is 3. The molecule has 42 heteroatoms. The van der Waals surface area contributed by atoms with Crippen molar-refractivity contribution >= 4 is 123 Å². The molecule has 0 saturated heterocycles. The van der Waals surface area contributed by atoms with Crippen molar-refractivity contribution in [3.8, 4) is 0 Å². The molecule has 0 bridgehead atoms. The average molecular weight is 1790 g/mol. The van der Waals surface area contributed by atoms with E-state index < -0.39 is 253 Å². The summed E-state index contributed by atoms with van der Waals surface area (Å²) in [7, 11) is 0. The minimum absolute atomic E-state index is 0.00475. The van der Waals surface area contributed by atoms with Gasteiger partial charge in [-0.2, -0.15) is 0 Å². The molecule has 3 unspecified atom stereocenters. The summed E-state index contributed by atoms with van der Waals surface area (Å²) >= 11 is 0. The van der Waals surface area contributed by atoms with Crippen LogP contribution in [0.5, 0.6) is 0 Å². The van der Waals surface area contributed by atoms with Crippen LogP contribution in [0, 0.1) is 35.0 Å². The molecule has 3 heterocycles. The highest BCUT2D eigenvalue weighted by Crippen LogP contribution is 2.24. The van der Waals surface area contributed by atoms with Crippen LogP contribution in [0.15, 0.2) is 67.0 Å². The Balaban J connectivity index is 1.43. The number of guanidine groups is 1. The van der Waals surface area contributed by atoms with Gasteiger partial charge in [-0.15, -0.1) is 5.10 Å². The van der Waals surface area contributed by atoms with E-state index in [1.165, 1.54) is 31.6 Å². The van der Waals surface area contributed by atoms with Gasteiger partial charge in [0, 0.05) is 68.7 Å². The Bertz CT molecular complexity index is 4520. The fourth-order valence-electron chi connectivity index (χ4n) is 14.5. The van der Waals surface area contributed by atoms with Crippen LogP contribution in [0.1, 0.15) is 196 Å². The zero-order valence-electron chi connectivity index (χ0n) is 74.6. The van der Waals surface area contributed by atoms with Gasteiger partial charge in [-0.05, 0) is 125 Å². The molecule has 12 amide bonds. The summed E-state index contributed by atoms with van der Waals surface area (Å²) < 4.78 is 1.51. The summed E-state index contributed by atoms with van der Waals surface area (Å²) in [5.74, 6) is -21.0. The number of para-hydroxylation sites is 1. The first kappa shape index (κ1) is 106. The third kappa shape index (κ3) is 35.0. The number of Topliss-reactive ketones (excluding diaryl/α,β-unsaturated/α-hetero) is 4. The molecule has 128 heavy (non-hydrogen) atoms. The van der Waals surface area contributed by atoms with Gasteiger partial charge in [0.05, 0.1) is 49.0 Å². The molecule has 0 radical (unpaired) electrons. The lowest BCUT2D eigenvalue weighted by Gasteiger charge is -2.29. The van der Waals surface area contributed by atoms with Gasteiger partial charge >= 0.3 is 11.9 Å². The lowest BCUT2D eigenvalue weighted by molar-refractivity contribution is -0.141. The number of primary amides is 1. The number of nitrogens with one attached hydrogen (secondary N) is 16. The number of aliphatic carboxylic acids is 2. The highest BCUT2D eigenvalue weighted by atomic mass is 16.4. The smallest absolute Gasteiger partial charge is 0.305 e. The topological polar surface area (TPSA) is 665 Å². The second kappa shape index (κ2) is 53.2. The number of aromatic nitrogens is 4. The van der Waals surface area contributed by atoms with Crippen molar-refractivity contribution in [1.29, 1.82) is 5.41 Å². The maximum absolute atomic E-state index is 15.0. The quantitative estimate of drug-likeness (QED) is 0.00819. The van der Waals surface area contributed by atoms with Crippen LogP contribution >= 0.6 is 0 Å². The van der Waals surface area contributed by atoms with Gasteiger partial charge in [0.1, 0.15) is 54.4 Å². The number of benzene rings is 2. The van der Waals surface area contributed by atoms with E-state index in [1.807, 2.05) is 25.1 Å². The highest BCUT2D eigenvalue weighted by molar-refractivity contribution is 6.41. The van der Waals surface area contributed by atoms with Gasteiger partial charge in [-0.3, -0.25) is 91.7 Å². The largest absolute Gasteiger partial charge is 0.481 e. The Morgan fingerprint density at radius 3 is 1.84 bits per heavy atom. The molecule has 2 aromatic heterocycles. The van der Waals surface area contributed by atoms with Crippen LogP contribution in [-0.4, -0.2) is 234 Å². The number of hydrogen-bond donors (Lipinski definition) is 21. The van der Waals surface area contributed by atoms with E-state index in [0.717, 1.165) is 16.5 Å². The first-order chi connectivity index (χ1) is 60.6. The molecule has 4 aromatic rings. The van der Waals surface area contributed by atoms with Crippen LogP contribution in [-0.2, 0) is 112 Å². The van der Waals surface area contributed by atoms with Gasteiger partial charge in [0.15, 0.2) is 17.5 Å². The van der Waals surface area contributed by atoms with Crippen molar-refractivity contribution < 1.29 is 96.5 Å². The maximum atomic E-state index is 15.0. The second-order valence-electron chi connectivity index (χ2n) is 33.2. The summed E-state index contributed by atoms with van der Waals surface area (Å²) in [5, 5.41) is 67.6. The van der Waals surface area contributed by atoms with E-state index >= 15 is 4.79 Å². The van der Waals surface area contributed by atoms with Gasteiger partial charge in [-0.1, -0.05) is 128 Å². The minimum atomic E-state index is -1.86. The molecular formula is C86H130N22O20. The Morgan fingerprint density at radius 2 is 1.23 bits per heavy atom. The molecule has 24 N–H and O–H groups in total. The number of carbonyl (C=O) groups excluding carboxylic acids is 16. The second-order valence-corrected chi connectivity index (χ2v) is 33.2. The van der Waals surface area contributed by atoms with E-state index in [0.29, 0.717) is 24.1 Å². The maximum Gasteiger partial charge on any atom is 0.305 e. The predicted molar refractivity (Wildman–Crippen MR) is 468 cm³/mol. The molecule has 0 saturated carbocycles. The molecule has 2 aromatic carbocycles. The monoisotopic (exact) mass is 1790 g/mol. The van der Waals surface area contributed by atoms with Gasteiger partial charge in [0.2, 0.25) is 82.5 Å². The molecule has 0 aliphatic carbocycles. The van der Waals surface area contributed by atoms with E-state index in [2.05, 4.69) is 89.9 Å². The van der Waals surface area contributed by atoms with Crippen LogP contribution in [0.3, 0.4) is 0 Å². The number of aromatic amines is 1. The molecule has 1 aliphatic heterocycles. The lowest BCUT2D eigenvalue weighted by atomic mass is 9.85. The van der Waals surface area contributed by atoms with Crippen LogP contribution in [0.4, 0.5) is 0 Å². The number of H-pyrrole nitrogens is 1. The summed E-state index contributed by atoms with van der Waals surface area (Å²) in [6.45, 7) is 16.7. The van der Waals surface area contributed by atoms with E-state index in [9.17, 15) is 91.7 Å². The van der Waals surface area contributed by atoms with Crippen molar-refractivity contribution in [2.75, 3.05) is 13.1 Å². The van der Waals surface area contributed by atoms with Crippen molar-refractivity contribution in [3.63, 3.8) is 0 Å². The van der Waals surface area contributed by atoms with Gasteiger partial charge in [0.25, 0.3) is 0 Å². The fourth-order valence-corrected chi connectivity index (χ4v) is 14.5. The lowest BCUT2D eigenvalue weighted by Crippen LogP contribution is -2.61. The SMILES string of the molecule is CC[C@H](C)[C@H](NC(C)=O)C(=O)N[C@@H](Cc1c[nH]c2ccccc12)C(=O)N[C@H](C(=O)N[C@@H](C)C(=O)NC(CCC(N)=O)C(=O)N[C@@H](CCC(=O)O)C(=O)NC(CC(C)C)C(=O)C(=O)[C@H](CCCNC(=N)N)NN[C@H]1CCCn2nncc2CCC[C@@H](C(=O)C[C@@H](Cc2ccccc2)C(=O)C(C)N)NC(=O)[C@H](CC(=O)O)NC(=O)CNC(=O)[C@H]([C@@H](C)CC)NC1=O)[C@@H](C)CC. The number of aryl methyl sites for hydroxylation is 2. The minimum Gasteiger partial charge on any atom is -0.481 e. The number of hydrazine groups is 1. The third-order valence-electron chi connectivity index (χ3n) is 22.4. The highest BCUT2D eigenvalue weighted by Gasteiger charge is 2.41.